The number of hydrogen-bond donors (Lipinski definition) is 1. The zero-order valence-corrected chi connectivity index (χ0v) is 15.9. The van der Waals surface area contributed by atoms with Gasteiger partial charge in [-0.25, -0.2) is 18.4 Å². The second-order valence-corrected chi connectivity index (χ2v) is 7.83. The summed E-state index contributed by atoms with van der Waals surface area (Å²) in [6.45, 7) is 1.65. The van der Waals surface area contributed by atoms with Gasteiger partial charge in [0.2, 0.25) is 21.9 Å². The summed E-state index contributed by atoms with van der Waals surface area (Å²) in [6, 6.07) is 3.98. The largest absolute Gasteiger partial charge is 0.457 e. The zero-order valence-electron chi connectivity index (χ0n) is 15.1. The smallest absolute Gasteiger partial charge is 0.429 e. The Morgan fingerprint density at radius 3 is 2.52 bits per heavy atom. The molecule has 3 rings (SSSR count). The molecule has 0 fully saturated rings. The first-order valence-electron chi connectivity index (χ1n) is 8.45. The second kappa shape index (κ2) is 8.15. The molecule has 0 radical (unpaired) electrons. The maximum Gasteiger partial charge on any atom is 0.429 e. The van der Waals surface area contributed by atoms with Gasteiger partial charge < -0.3 is 4.74 Å². The van der Waals surface area contributed by atoms with Crippen molar-refractivity contribution in [2.24, 2.45) is 0 Å². The Hall–Kier alpha value is -3.02. The Bertz CT molecular complexity index is 1090. The number of fused-ring (bicyclic) bond motifs is 1. The molecule has 3 aromatic rings. The highest BCUT2D eigenvalue weighted by Gasteiger charge is 2.44. The van der Waals surface area contributed by atoms with Gasteiger partial charge in [0.1, 0.15) is 5.52 Å². The molecule has 1 N–H and O–H groups in total. The van der Waals surface area contributed by atoms with Crippen molar-refractivity contribution in [3.63, 3.8) is 0 Å². The van der Waals surface area contributed by atoms with Crippen molar-refractivity contribution in [1.82, 2.24) is 19.9 Å². The lowest BCUT2D eigenvalue weighted by atomic mass is 10.1. The molecule has 12 heteroatoms. The molecule has 0 saturated heterocycles. The molecule has 3 heterocycles. The van der Waals surface area contributed by atoms with Crippen molar-refractivity contribution < 1.29 is 26.3 Å². The number of ether oxygens (including phenoxy) is 1. The fourth-order valence-electron chi connectivity index (χ4n) is 2.47. The molecule has 3 aromatic heterocycles. The van der Waals surface area contributed by atoms with Crippen LogP contribution in [0.15, 0.2) is 43.0 Å². The van der Waals surface area contributed by atoms with E-state index in [1.807, 2.05) is 0 Å². The van der Waals surface area contributed by atoms with Crippen LogP contribution < -0.4 is 9.46 Å². The van der Waals surface area contributed by atoms with Crippen LogP contribution in [-0.2, 0) is 10.0 Å². The minimum atomic E-state index is -4.81. The SMILES string of the molecule is CCCS(=O)(=O)Nc1nc2ccncc2nc1OC(c1cccnc1)C(F)(F)F. The van der Waals surface area contributed by atoms with Crippen molar-refractivity contribution in [3.8, 4) is 5.88 Å². The van der Waals surface area contributed by atoms with Gasteiger partial charge in [-0.05, 0) is 18.6 Å². The fraction of sp³-hybridized carbons (Fsp3) is 0.294. The lowest BCUT2D eigenvalue weighted by Crippen LogP contribution is -2.27. The van der Waals surface area contributed by atoms with Gasteiger partial charge in [-0.1, -0.05) is 13.0 Å². The van der Waals surface area contributed by atoms with Crippen LogP contribution in [-0.4, -0.2) is 40.3 Å². The highest BCUT2D eigenvalue weighted by atomic mass is 32.2. The van der Waals surface area contributed by atoms with Crippen molar-refractivity contribution in [1.29, 1.82) is 0 Å². The lowest BCUT2D eigenvalue weighted by Gasteiger charge is -2.22. The van der Waals surface area contributed by atoms with E-state index in [0.29, 0.717) is 6.42 Å². The van der Waals surface area contributed by atoms with Gasteiger partial charge in [-0.3, -0.25) is 14.7 Å². The first kappa shape index (κ1) is 20.7. The molecule has 1 atom stereocenters. The van der Waals surface area contributed by atoms with Crippen LogP contribution in [0, 0.1) is 0 Å². The van der Waals surface area contributed by atoms with Crippen LogP contribution in [0.25, 0.3) is 11.0 Å². The Kier molecular flexibility index (Phi) is 5.82. The average molecular weight is 427 g/mol. The van der Waals surface area contributed by atoms with Gasteiger partial charge in [-0.2, -0.15) is 13.2 Å². The summed E-state index contributed by atoms with van der Waals surface area (Å²) in [7, 11) is -3.85. The molecule has 0 spiro atoms. The minimum Gasteiger partial charge on any atom is -0.457 e. The summed E-state index contributed by atoms with van der Waals surface area (Å²) in [5.74, 6) is -1.29. The molecule has 0 aliphatic carbocycles. The summed E-state index contributed by atoms with van der Waals surface area (Å²) in [5.41, 5.74) is 0.120. The number of aromatic nitrogens is 4. The van der Waals surface area contributed by atoms with Crippen LogP contribution in [0.5, 0.6) is 5.88 Å². The summed E-state index contributed by atoms with van der Waals surface area (Å²) < 4.78 is 72.5. The standard InChI is InChI=1S/C17H16F3N5O3S/c1-2-8-29(26,27)25-15-16(24-13-10-22-7-5-12(13)23-15)28-14(17(18,19)20)11-4-3-6-21-9-11/h3-7,9-10,14H,2,8H2,1H3,(H,23,25). The van der Waals surface area contributed by atoms with E-state index >= 15 is 0 Å². The number of sulfonamides is 1. The molecule has 154 valence electrons. The summed E-state index contributed by atoms with van der Waals surface area (Å²) in [4.78, 5) is 15.6. The highest BCUT2D eigenvalue weighted by molar-refractivity contribution is 7.92. The van der Waals surface area contributed by atoms with Crippen molar-refractivity contribution in [2.75, 3.05) is 10.5 Å². The summed E-state index contributed by atoms with van der Waals surface area (Å²) in [6.07, 6.45) is -1.92. The number of nitrogens with one attached hydrogen (secondary N) is 1. The predicted molar refractivity (Wildman–Crippen MR) is 98.7 cm³/mol. The number of rotatable bonds is 7. The number of hydrogen-bond acceptors (Lipinski definition) is 7. The first-order chi connectivity index (χ1) is 13.7. The summed E-state index contributed by atoms with van der Waals surface area (Å²) >= 11 is 0. The van der Waals surface area contributed by atoms with E-state index < -0.39 is 34.0 Å². The Morgan fingerprint density at radius 1 is 1.10 bits per heavy atom. The van der Waals surface area contributed by atoms with Gasteiger partial charge in [0.15, 0.2) is 0 Å². The van der Waals surface area contributed by atoms with Crippen LogP contribution in [0.1, 0.15) is 25.0 Å². The molecule has 29 heavy (non-hydrogen) atoms. The van der Waals surface area contributed by atoms with Crippen molar-refractivity contribution >= 4 is 26.9 Å². The number of halogens is 3. The molecule has 0 bridgehead atoms. The van der Waals surface area contributed by atoms with Gasteiger partial charge in [-0.15, -0.1) is 0 Å². The molecule has 0 aliphatic rings. The van der Waals surface area contributed by atoms with Crippen LogP contribution in [0.2, 0.25) is 0 Å². The predicted octanol–water partition coefficient (Wildman–Crippen LogP) is 3.25. The Labute approximate surface area is 164 Å². The third-order valence-corrected chi connectivity index (χ3v) is 5.12. The second-order valence-electron chi connectivity index (χ2n) is 5.99. The van der Waals surface area contributed by atoms with E-state index in [-0.39, 0.29) is 22.3 Å². The van der Waals surface area contributed by atoms with Crippen LogP contribution >= 0.6 is 0 Å². The third-order valence-electron chi connectivity index (χ3n) is 3.67. The van der Waals surface area contributed by atoms with Gasteiger partial charge in [0.25, 0.3) is 5.88 Å². The third kappa shape index (κ3) is 5.08. The van der Waals surface area contributed by atoms with E-state index in [2.05, 4.69) is 24.7 Å². The number of nitrogens with zero attached hydrogens (tertiary/aromatic N) is 4. The maximum atomic E-state index is 13.6. The van der Waals surface area contributed by atoms with E-state index in [0.717, 1.165) is 6.20 Å². The molecule has 0 saturated carbocycles. The molecule has 0 aliphatic heterocycles. The zero-order chi connectivity index (χ0) is 21.1. The van der Waals surface area contributed by atoms with E-state index in [1.165, 1.54) is 36.8 Å². The Balaban J connectivity index is 2.09. The number of pyridine rings is 2. The maximum absolute atomic E-state index is 13.6. The Morgan fingerprint density at radius 2 is 1.86 bits per heavy atom. The van der Waals surface area contributed by atoms with Gasteiger partial charge >= 0.3 is 6.18 Å². The monoisotopic (exact) mass is 427 g/mol. The number of alkyl halides is 3. The van der Waals surface area contributed by atoms with Crippen LogP contribution in [0.4, 0.5) is 19.0 Å². The highest BCUT2D eigenvalue weighted by Crippen LogP contribution is 2.38. The van der Waals surface area contributed by atoms with Gasteiger partial charge in [0.05, 0.1) is 17.5 Å². The molecular weight excluding hydrogens is 411 g/mol. The quantitative estimate of drug-likeness (QED) is 0.617. The van der Waals surface area contributed by atoms with Crippen molar-refractivity contribution in [2.45, 2.75) is 25.6 Å². The molecule has 0 amide bonds. The first-order valence-corrected chi connectivity index (χ1v) is 10.1. The van der Waals surface area contributed by atoms with Gasteiger partial charge in [0, 0.05) is 24.2 Å². The minimum absolute atomic E-state index is 0.146. The average Bonchev–Trinajstić information content (AvgIpc) is 2.65. The molecule has 0 aromatic carbocycles. The normalized spacial score (nSPS) is 13.2. The van der Waals surface area contributed by atoms with E-state index in [4.69, 9.17) is 4.74 Å². The molecule has 1 unspecified atom stereocenters. The topological polar surface area (TPSA) is 107 Å². The fourth-order valence-corrected chi connectivity index (χ4v) is 3.54. The molecular formula is C17H16F3N5O3S. The molecule has 8 nitrogen and oxygen atoms in total. The lowest BCUT2D eigenvalue weighted by molar-refractivity contribution is -0.198. The number of anilines is 1. The van der Waals surface area contributed by atoms with E-state index in [1.54, 1.807) is 6.92 Å². The van der Waals surface area contributed by atoms with Crippen molar-refractivity contribution in [3.05, 3.63) is 48.5 Å². The van der Waals surface area contributed by atoms with E-state index in [9.17, 15) is 21.6 Å². The van der Waals surface area contributed by atoms with Crippen LogP contribution in [0.3, 0.4) is 0 Å². The summed E-state index contributed by atoms with van der Waals surface area (Å²) in [5, 5.41) is 0.